The van der Waals surface area contributed by atoms with Crippen molar-refractivity contribution in [3.8, 4) is 0 Å². The molecule has 0 bridgehead atoms. The first kappa shape index (κ1) is 13.2. The molecule has 0 radical (unpaired) electrons. The van der Waals surface area contributed by atoms with Crippen LogP contribution in [0.15, 0.2) is 32.9 Å². The Bertz CT molecular complexity index is 849. The molecule has 0 saturated carbocycles. The Morgan fingerprint density at radius 1 is 1.21 bits per heavy atom. The molecule has 0 spiro atoms. The molecule has 19 heavy (non-hydrogen) atoms. The van der Waals surface area contributed by atoms with Gasteiger partial charge in [-0.3, -0.25) is 15.0 Å². The second kappa shape index (κ2) is 4.81. The second-order valence-electron chi connectivity index (χ2n) is 4.59. The lowest BCUT2D eigenvalue weighted by Crippen LogP contribution is -2.84. The highest BCUT2D eigenvalue weighted by Gasteiger charge is 2.10. The highest BCUT2D eigenvalue weighted by molar-refractivity contribution is 5.81. The maximum absolute atomic E-state index is 13.2. The van der Waals surface area contributed by atoms with Gasteiger partial charge in [0.05, 0.1) is 0 Å². The molecule has 2 rings (SSSR count). The van der Waals surface area contributed by atoms with Crippen molar-refractivity contribution in [1.82, 2.24) is 0 Å². The SMILES string of the molecule is CC(C)[NH2+]/N=c1\c(=N)c(=O)c(=O)c2cc(F)ccc12. The Morgan fingerprint density at radius 2 is 1.89 bits per heavy atom. The van der Waals surface area contributed by atoms with Gasteiger partial charge in [-0.15, -0.1) is 0 Å². The van der Waals surface area contributed by atoms with Gasteiger partial charge in [0.2, 0.25) is 5.43 Å². The molecule has 5 nitrogen and oxygen atoms in total. The van der Waals surface area contributed by atoms with Crippen LogP contribution >= 0.6 is 0 Å². The summed E-state index contributed by atoms with van der Waals surface area (Å²) in [5.41, 5.74) is -0.225. The monoisotopic (exact) mass is 262 g/mol. The molecule has 98 valence electrons. The van der Waals surface area contributed by atoms with Crippen molar-refractivity contribution in [2.45, 2.75) is 19.9 Å². The summed E-state index contributed by atoms with van der Waals surface area (Å²) in [6.07, 6.45) is 0. The number of nitrogens with one attached hydrogen (secondary N) is 1. The Morgan fingerprint density at radius 3 is 2.53 bits per heavy atom. The van der Waals surface area contributed by atoms with Gasteiger partial charge >= 0.3 is 0 Å². The van der Waals surface area contributed by atoms with Crippen molar-refractivity contribution in [3.05, 3.63) is 55.2 Å². The van der Waals surface area contributed by atoms with E-state index in [9.17, 15) is 14.0 Å². The summed E-state index contributed by atoms with van der Waals surface area (Å²) >= 11 is 0. The minimum absolute atomic E-state index is 0.0306. The van der Waals surface area contributed by atoms with E-state index in [1.165, 1.54) is 12.1 Å². The zero-order chi connectivity index (χ0) is 14.2. The molecule has 0 aliphatic carbocycles. The van der Waals surface area contributed by atoms with E-state index in [0.717, 1.165) is 6.07 Å². The summed E-state index contributed by atoms with van der Waals surface area (Å²) < 4.78 is 13.2. The molecule has 3 N–H and O–H groups in total. The molecule has 0 unspecified atom stereocenters. The summed E-state index contributed by atoms with van der Waals surface area (Å²) in [7, 11) is 0. The van der Waals surface area contributed by atoms with Crippen LogP contribution in [0.3, 0.4) is 0 Å². The van der Waals surface area contributed by atoms with E-state index in [4.69, 9.17) is 5.41 Å². The molecule has 0 atom stereocenters. The van der Waals surface area contributed by atoms with Gasteiger partial charge < -0.3 is 0 Å². The van der Waals surface area contributed by atoms with Crippen LogP contribution in [0.1, 0.15) is 13.8 Å². The van der Waals surface area contributed by atoms with E-state index in [2.05, 4.69) is 5.10 Å². The van der Waals surface area contributed by atoms with Gasteiger partial charge in [0.15, 0.2) is 5.36 Å². The van der Waals surface area contributed by atoms with E-state index in [0.29, 0.717) is 5.39 Å². The van der Waals surface area contributed by atoms with Crippen molar-refractivity contribution in [3.63, 3.8) is 0 Å². The van der Waals surface area contributed by atoms with Crippen molar-refractivity contribution < 1.29 is 9.82 Å². The number of fused-ring (bicyclic) bond motifs is 1. The van der Waals surface area contributed by atoms with Crippen LogP contribution < -0.4 is 27.0 Å². The predicted molar refractivity (Wildman–Crippen MR) is 67.3 cm³/mol. The fourth-order valence-electron chi connectivity index (χ4n) is 1.75. The third kappa shape index (κ3) is 2.34. The standard InChI is InChI=1S/C13H12FN3O2/c1-6(2)16-17-11-8-4-3-7(14)5-9(8)12(18)13(19)10(11)15/h3-6,15-16H,1-2H3/p+1/b15-10?,17-11-. The predicted octanol–water partition coefficient (Wildman–Crippen LogP) is -1.16. The molecule has 2 aromatic rings. The summed E-state index contributed by atoms with van der Waals surface area (Å²) in [6, 6.07) is 3.70. The first-order chi connectivity index (χ1) is 8.91. The molecular formula is C13H13FN3O2+. The van der Waals surface area contributed by atoms with Crippen molar-refractivity contribution in [1.29, 1.82) is 5.41 Å². The van der Waals surface area contributed by atoms with Crippen LogP contribution in [-0.4, -0.2) is 6.04 Å². The Hall–Kier alpha value is -2.21. The number of nitrogens with two attached hydrogens (primary N) is 1. The molecule has 0 saturated heterocycles. The number of benzene rings is 2. The third-order valence-electron chi connectivity index (χ3n) is 2.65. The first-order valence-corrected chi connectivity index (χ1v) is 5.81. The molecule has 6 heteroatoms. The topological polar surface area (TPSA) is 87.0 Å². The summed E-state index contributed by atoms with van der Waals surface area (Å²) in [4.78, 5) is 23.4. The van der Waals surface area contributed by atoms with Crippen LogP contribution in [0.4, 0.5) is 4.39 Å². The number of hydrogen-bond donors (Lipinski definition) is 2. The number of hydrogen-bond acceptors (Lipinski definition) is 4. The van der Waals surface area contributed by atoms with Gasteiger partial charge in [-0.1, -0.05) is 5.10 Å². The fourth-order valence-corrected chi connectivity index (χ4v) is 1.75. The lowest BCUT2D eigenvalue weighted by molar-refractivity contribution is -0.693. The van der Waals surface area contributed by atoms with Gasteiger partial charge in [-0.05, 0) is 32.0 Å². The van der Waals surface area contributed by atoms with Gasteiger partial charge in [-0.25, -0.2) is 9.82 Å². The van der Waals surface area contributed by atoms with E-state index in [1.807, 2.05) is 13.8 Å². The minimum Gasteiger partial charge on any atom is -0.295 e. The zero-order valence-corrected chi connectivity index (χ0v) is 10.5. The minimum atomic E-state index is -0.950. The average molecular weight is 262 g/mol. The number of rotatable bonds is 2. The Kier molecular flexibility index (Phi) is 3.35. The van der Waals surface area contributed by atoms with E-state index in [1.54, 1.807) is 5.43 Å². The highest BCUT2D eigenvalue weighted by atomic mass is 19.1. The number of quaternary nitrogens is 1. The number of nitrogens with zero attached hydrogens (tertiary/aromatic N) is 1. The maximum atomic E-state index is 13.2. The Labute approximate surface area is 107 Å². The molecule has 0 amide bonds. The van der Waals surface area contributed by atoms with Gasteiger partial charge in [0.25, 0.3) is 5.43 Å². The van der Waals surface area contributed by atoms with Gasteiger partial charge in [-0.2, -0.15) is 0 Å². The third-order valence-corrected chi connectivity index (χ3v) is 2.65. The van der Waals surface area contributed by atoms with E-state index in [-0.39, 0.29) is 16.8 Å². The van der Waals surface area contributed by atoms with Crippen molar-refractivity contribution in [2.75, 3.05) is 0 Å². The van der Waals surface area contributed by atoms with Crippen molar-refractivity contribution >= 4 is 10.8 Å². The van der Waals surface area contributed by atoms with Crippen LogP contribution in [0.2, 0.25) is 0 Å². The van der Waals surface area contributed by atoms with E-state index < -0.39 is 22.0 Å². The van der Waals surface area contributed by atoms with Crippen LogP contribution in [0, 0.1) is 11.2 Å². The largest absolute Gasteiger partial charge is 0.295 e. The molecule has 0 fully saturated rings. The van der Waals surface area contributed by atoms with Crippen LogP contribution in [-0.2, 0) is 0 Å². The molecule has 2 aromatic carbocycles. The summed E-state index contributed by atoms with van der Waals surface area (Å²) in [6.45, 7) is 3.80. The van der Waals surface area contributed by atoms with Crippen LogP contribution in [0.5, 0.6) is 0 Å². The quantitative estimate of drug-likeness (QED) is 0.406. The average Bonchev–Trinajstić information content (AvgIpc) is 2.36. The van der Waals surface area contributed by atoms with Crippen LogP contribution in [0.25, 0.3) is 10.8 Å². The molecule has 0 aliphatic rings. The molecule has 0 aliphatic heterocycles. The van der Waals surface area contributed by atoms with Gasteiger partial charge in [0, 0.05) is 10.8 Å². The normalized spacial score (nSPS) is 12.5. The molecule has 0 heterocycles. The second-order valence-corrected chi connectivity index (χ2v) is 4.59. The molecular weight excluding hydrogens is 249 g/mol. The summed E-state index contributed by atoms with van der Waals surface area (Å²) in [5.74, 6) is -0.597. The van der Waals surface area contributed by atoms with Gasteiger partial charge in [0.1, 0.15) is 17.2 Å². The summed E-state index contributed by atoms with van der Waals surface area (Å²) in [5, 5.41) is 11.8. The zero-order valence-electron chi connectivity index (χ0n) is 10.5. The smallest absolute Gasteiger partial charge is 0.253 e. The first-order valence-electron chi connectivity index (χ1n) is 5.81. The Balaban J connectivity index is 2.99. The maximum Gasteiger partial charge on any atom is 0.253 e. The lowest BCUT2D eigenvalue weighted by Gasteiger charge is -1.99. The number of halogens is 1. The van der Waals surface area contributed by atoms with Crippen molar-refractivity contribution in [2.24, 2.45) is 5.10 Å². The molecule has 0 aromatic heterocycles. The highest BCUT2D eigenvalue weighted by Crippen LogP contribution is 2.05. The lowest BCUT2D eigenvalue weighted by atomic mass is 10.1. The van der Waals surface area contributed by atoms with E-state index >= 15 is 0 Å². The fraction of sp³-hybridized carbons (Fsp3) is 0.231.